The molecule has 1 aromatic rings. The van der Waals surface area contributed by atoms with E-state index in [1.54, 1.807) is 4.90 Å². The van der Waals surface area contributed by atoms with Gasteiger partial charge in [0.15, 0.2) is 0 Å². The summed E-state index contributed by atoms with van der Waals surface area (Å²) in [6, 6.07) is 8.34. The van der Waals surface area contributed by atoms with Gasteiger partial charge in [0, 0.05) is 37.4 Å². The summed E-state index contributed by atoms with van der Waals surface area (Å²) in [4.78, 5) is 16.2. The molecule has 0 aliphatic carbocycles. The number of hydrogen-bond acceptors (Lipinski definition) is 2. The van der Waals surface area contributed by atoms with Gasteiger partial charge in [0.1, 0.15) is 12.3 Å². The van der Waals surface area contributed by atoms with E-state index in [-0.39, 0.29) is 5.92 Å². The van der Waals surface area contributed by atoms with Crippen LogP contribution < -0.4 is 9.64 Å². The quantitative estimate of drug-likeness (QED) is 0.893. The lowest BCUT2D eigenvalue weighted by Gasteiger charge is -2.31. The third-order valence-corrected chi connectivity index (χ3v) is 5.17. The summed E-state index contributed by atoms with van der Waals surface area (Å²) in [6.07, 6.45) is 4.43. The van der Waals surface area contributed by atoms with Crippen molar-refractivity contribution in [3.8, 4) is 5.75 Å². The molecule has 1 N–H and O–H groups in total. The smallest absolute Gasteiger partial charge is 0.226 e. The first-order valence-electron chi connectivity index (χ1n) is 9.11. The third-order valence-electron chi connectivity index (χ3n) is 5.17. The lowest BCUT2D eigenvalue weighted by molar-refractivity contribution is -0.919. The van der Waals surface area contributed by atoms with Crippen molar-refractivity contribution in [1.29, 1.82) is 0 Å². The van der Waals surface area contributed by atoms with Crippen molar-refractivity contribution in [2.45, 2.75) is 39.2 Å². The number of carbonyl (C=O) groups excluding carboxylic acids is 1. The van der Waals surface area contributed by atoms with E-state index >= 15 is 0 Å². The highest BCUT2D eigenvalue weighted by Crippen LogP contribution is 2.19. The molecule has 4 heteroatoms. The van der Waals surface area contributed by atoms with Gasteiger partial charge in [-0.1, -0.05) is 12.1 Å². The van der Waals surface area contributed by atoms with Crippen LogP contribution in [0.3, 0.4) is 0 Å². The van der Waals surface area contributed by atoms with Crippen molar-refractivity contribution in [3.05, 3.63) is 29.8 Å². The Balaban J connectivity index is 1.52. The first-order valence-corrected chi connectivity index (χ1v) is 9.11. The standard InChI is InChI=1S/C19H28N2O2/c1-2-23-18-8-4-3-7-17(18)15-20-13-9-16(10-14-20)19(22)21-11-5-6-12-21/h3-4,7-8,16H,2,5-6,9-15H2,1H3/p+1. The molecule has 0 unspecified atom stereocenters. The highest BCUT2D eigenvalue weighted by Gasteiger charge is 2.31. The third kappa shape index (κ3) is 4.05. The number of amides is 1. The molecule has 0 aromatic heterocycles. The second-order valence-electron chi connectivity index (χ2n) is 6.77. The molecule has 2 fully saturated rings. The zero-order valence-corrected chi connectivity index (χ0v) is 14.2. The molecule has 3 rings (SSSR count). The number of carbonyl (C=O) groups is 1. The zero-order chi connectivity index (χ0) is 16.1. The summed E-state index contributed by atoms with van der Waals surface area (Å²) in [7, 11) is 0. The molecular weight excluding hydrogens is 288 g/mol. The molecule has 1 amide bonds. The molecule has 23 heavy (non-hydrogen) atoms. The number of piperidine rings is 1. The van der Waals surface area contributed by atoms with Gasteiger partial charge >= 0.3 is 0 Å². The molecule has 2 aliphatic heterocycles. The van der Waals surface area contributed by atoms with Gasteiger partial charge in [-0.2, -0.15) is 0 Å². The second kappa shape index (κ2) is 7.82. The fourth-order valence-electron chi connectivity index (χ4n) is 3.86. The van der Waals surface area contributed by atoms with E-state index < -0.39 is 0 Å². The number of nitrogens with one attached hydrogen (secondary N) is 1. The van der Waals surface area contributed by atoms with Crippen molar-refractivity contribution < 1.29 is 14.4 Å². The van der Waals surface area contributed by atoms with Crippen LogP contribution in [-0.2, 0) is 11.3 Å². The lowest BCUT2D eigenvalue weighted by Crippen LogP contribution is -3.11. The number of ether oxygens (including phenoxy) is 1. The molecule has 0 radical (unpaired) electrons. The number of nitrogens with zero attached hydrogens (tertiary/aromatic N) is 1. The molecule has 0 bridgehead atoms. The maximum absolute atomic E-state index is 12.5. The van der Waals surface area contributed by atoms with Gasteiger partial charge < -0.3 is 14.5 Å². The Hall–Kier alpha value is -1.55. The molecule has 126 valence electrons. The SMILES string of the molecule is CCOc1ccccc1C[NH+]1CCC(C(=O)N2CCCC2)CC1. The minimum Gasteiger partial charge on any atom is -0.493 e. The van der Waals surface area contributed by atoms with Crippen LogP contribution in [-0.4, -0.2) is 43.6 Å². The molecule has 2 heterocycles. The molecular formula is C19H29N2O2+. The van der Waals surface area contributed by atoms with Crippen LogP contribution in [0.4, 0.5) is 0 Å². The van der Waals surface area contributed by atoms with E-state index in [9.17, 15) is 4.79 Å². The van der Waals surface area contributed by atoms with E-state index in [2.05, 4.69) is 23.1 Å². The zero-order valence-electron chi connectivity index (χ0n) is 14.2. The summed E-state index contributed by atoms with van der Waals surface area (Å²) >= 11 is 0. The maximum Gasteiger partial charge on any atom is 0.226 e. The Morgan fingerprint density at radius 2 is 1.91 bits per heavy atom. The van der Waals surface area contributed by atoms with Crippen molar-refractivity contribution in [1.82, 2.24) is 4.90 Å². The Kier molecular flexibility index (Phi) is 5.55. The molecule has 2 aliphatic rings. The molecule has 0 spiro atoms. The summed E-state index contributed by atoms with van der Waals surface area (Å²) in [5.74, 6) is 1.69. The fourth-order valence-corrected chi connectivity index (χ4v) is 3.86. The van der Waals surface area contributed by atoms with E-state index in [0.717, 1.165) is 51.3 Å². The lowest BCUT2D eigenvalue weighted by atomic mass is 9.95. The molecule has 4 nitrogen and oxygen atoms in total. The van der Waals surface area contributed by atoms with Crippen LogP contribution in [0.1, 0.15) is 38.2 Å². The van der Waals surface area contributed by atoms with E-state index in [1.165, 1.54) is 18.4 Å². The predicted octanol–water partition coefficient (Wildman–Crippen LogP) is 1.50. The maximum atomic E-state index is 12.5. The highest BCUT2D eigenvalue weighted by atomic mass is 16.5. The average molecular weight is 317 g/mol. The monoisotopic (exact) mass is 317 g/mol. The van der Waals surface area contributed by atoms with Crippen LogP contribution >= 0.6 is 0 Å². The van der Waals surface area contributed by atoms with Crippen LogP contribution in [0.2, 0.25) is 0 Å². The van der Waals surface area contributed by atoms with Crippen molar-refractivity contribution in [2.75, 3.05) is 32.8 Å². The number of benzene rings is 1. The van der Waals surface area contributed by atoms with Crippen molar-refractivity contribution >= 4 is 5.91 Å². The Morgan fingerprint density at radius 1 is 1.22 bits per heavy atom. The molecule has 2 saturated heterocycles. The number of quaternary nitrogens is 1. The molecule has 0 saturated carbocycles. The first kappa shape index (κ1) is 16.3. The van der Waals surface area contributed by atoms with Crippen molar-refractivity contribution in [3.63, 3.8) is 0 Å². The summed E-state index contributed by atoms with van der Waals surface area (Å²) < 4.78 is 5.73. The van der Waals surface area contributed by atoms with Gasteiger partial charge in [0.05, 0.1) is 19.7 Å². The fraction of sp³-hybridized carbons (Fsp3) is 0.632. The normalized spacial score (nSPS) is 24.7. The van der Waals surface area contributed by atoms with Gasteiger partial charge in [-0.3, -0.25) is 4.79 Å². The number of hydrogen-bond donors (Lipinski definition) is 1. The van der Waals surface area contributed by atoms with Gasteiger partial charge in [-0.25, -0.2) is 0 Å². The minimum absolute atomic E-state index is 0.263. The largest absolute Gasteiger partial charge is 0.493 e. The van der Waals surface area contributed by atoms with Crippen molar-refractivity contribution in [2.24, 2.45) is 5.92 Å². The molecule has 1 aromatic carbocycles. The molecule has 0 atom stereocenters. The van der Waals surface area contributed by atoms with Crippen LogP contribution in [0, 0.1) is 5.92 Å². The Bertz CT molecular complexity index is 518. The summed E-state index contributed by atoms with van der Waals surface area (Å²) in [6.45, 7) is 7.87. The van der Waals surface area contributed by atoms with Gasteiger partial charge in [0.25, 0.3) is 0 Å². The Labute approximate surface area is 139 Å². The van der Waals surface area contributed by atoms with Crippen LogP contribution in [0.25, 0.3) is 0 Å². The van der Waals surface area contributed by atoms with Gasteiger partial charge in [-0.15, -0.1) is 0 Å². The van der Waals surface area contributed by atoms with Crippen LogP contribution in [0.5, 0.6) is 5.75 Å². The number of rotatable bonds is 5. The topological polar surface area (TPSA) is 34.0 Å². The van der Waals surface area contributed by atoms with E-state index in [0.29, 0.717) is 12.5 Å². The summed E-state index contributed by atoms with van der Waals surface area (Å²) in [5.41, 5.74) is 1.29. The number of para-hydroxylation sites is 1. The van der Waals surface area contributed by atoms with E-state index in [1.807, 2.05) is 13.0 Å². The predicted molar refractivity (Wildman–Crippen MR) is 90.5 cm³/mol. The highest BCUT2D eigenvalue weighted by molar-refractivity contribution is 5.79. The summed E-state index contributed by atoms with van der Waals surface area (Å²) in [5, 5.41) is 0. The van der Waals surface area contributed by atoms with Gasteiger partial charge in [-0.05, 0) is 31.9 Å². The minimum atomic E-state index is 0.263. The van der Waals surface area contributed by atoms with E-state index in [4.69, 9.17) is 4.74 Å². The van der Waals surface area contributed by atoms with Gasteiger partial charge in [0.2, 0.25) is 5.91 Å². The second-order valence-corrected chi connectivity index (χ2v) is 6.77. The number of likely N-dealkylation sites (tertiary alicyclic amines) is 2. The Morgan fingerprint density at radius 3 is 2.61 bits per heavy atom. The van der Waals surface area contributed by atoms with Crippen LogP contribution in [0.15, 0.2) is 24.3 Å². The first-order chi connectivity index (χ1) is 11.3. The average Bonchev–Trinajstić information content (AvgIpc) is 3.11.